The van der Waals surface area contributed by atoms with E-state index >= 15 is 0 Å². The van der Waals surface area contributed by atoms with Gasteiger partial charge in [0.15, 0.2) is 0 Å². The van der Waals surface area contributed by atoms with Crippen LogP contribution in [0.25, 0.3) is 0 Å². The van der Waals surface area contributed by atoms with Gasteiger partial charge in [0.25, 0.3) is 0 Å². The van der Waals surface area contributed by atoms with Crippen LogP contribution < -0.4 is 10.1 Å². The van der Waals surface area contributed by atoms with Crippen molar-refractivity contribution in [1.29, 1.82) is 0 Å². The van der Waals surface area contributed by atoms with Gasteiger partial charge in [-0.3, -0.25) is 0 Å². The van der Waals surface area contributed by atoms with Crippen LogP contribution in [-0.2, 0) is 6.54 Å². The summed E-state index contributed by atoms with van der Waals surface area (Å²) in [6.07, 6.45) is 1.97. The molecule has 1 saturated carbocycles. The summed E-state index contributed by atoms with van der Waals surface area (Å²) in [5, 5.41) is 4.08. The topological polar surface area (TPSA) is 21.3 Å². The lowest BCUT2D eigenvalue weighted by Gasteiger charge is -2.28. The Morgan fingerprint density at radius 3 is 2.48 bits per heavy atom. The Hall–Kier alpha value is -0.880. The summed E-state index contributed by atoms with van der Waals surface area (Å²) in [4.78, 5) is 0. The summed E-state index contributed by atoms with van der Waals surface area (Å²) >= 11 is 1.90. The highest BCUT2D eigenvalue weighted by Crippen LogP contribution is 2.29. The zero-order valence-corrected chi connectivity index (χ0v) is 12.8. The van der Waals surface area contributed by atoms with Crippen LogP contribution in [0.15, 0.2) is 24.3 Å². The van der Waals surface area contributed by atoms with Gasteiger partial charge in [-0.05, 0) is 38.0 Å². The third-order valence-electron chi connectivity index (χ3n) is 3.79. The van der Waals surface area contributed by atoms with E-state index in [9.17, 15) is 13.2 Å². The van der Waals surface area contributed by atoms with Crippen molar-refractivity contribution >= 4 is 11.8 Å². The van der Waals surface area contributed by atoms with Crippen LogP contribution in [0, 0.1) is 0 Å². The Labute approximate surface area is 127 Å². The molecular weight excluding hydrogens is 299 g/mol. The van der Waals surface area contributed by atoms with Crippen LogP contribution in [0.5, 0.6) is 5.75 Å². The smallest absolute Gasteiger partial charge is 0.405 e. The van der Waals surface area contributed by atoms with Crippen LogP contribution in [0.3, 0.4) is 0 Å². The van der Waals surface area contributed by atoms with E-state index in [0.29, 0.717) is 18.2 Å². The number of halogens is 3. The average Bonchev–Trinajstić information content (AvgIpc) is 2.45. The van der Waals surface area contributed by atoms with Crippen molar-refractivity contribution in [1.82, 2.24) is 5.32 Å². The van der Waals surface area contributed by atoms with E-state index in [-0.39, 0.29) is 5.75 Å². The van der Waals surface area contributed by atoms with Crippen molar-refractivity contribution in [2.24, 2.45) is 0 Å². The van der Waals surface area contributed by atoms with Crippen molar-refractivity contribution < 1.29 is 17.9 Å². The molecule has 2 nitrogen and oxygen atoms in total. The number of alkyl halides is 3. The van der Waals surface area contributed by atoms with E-state index in [1.807, 2.05) is 11.8 Å². The monoisotopic (exact) mass is 319 g/mol. The number of para-hydroxylation sites is 1. The quantitative estimate of drug-likeness (QED) is 0.872. The number of nitrogens with one attached hydrogen (secondary N) is 1. The predicted octanol–water partition coefficient (Wildman–Crippen LogP) is 4.35. The van der Waals surface area contributed by atoms with Crippen LogP contribution in [0.4, 0.5) is 13.2 Å². The molecule has 0 heterocycles. The summed E-state index contributed by atoms with van der Waals surface area (Å²) < 4.78 is 41.1. The molecular formula is C15H20F3NOS. The maximum absolute atomic E-state index is 12.4. The van der Waals surface area contributed by atoms with Crippen LogP contribution in [0.2, 0.25) is 0 Å². The lowest BCUT2D eigenvalue weighted by molar-refractivity contribution is -0.274. The summed E-state index contributed by atoms with van der Waals surface area (Å²) in [6, 6.07) is 6.68. The van der Waals surface area contributed by atoms with Crippen molar-refractivity contribution in [3.8, 4) is 5.75 Å². The first-order valence-corrected chi connectivity index (χ1v) is 8.36. The molecule has 0 saturated heterocycles. The third kappa shape index (κ3) is 5.43. The molecule has 0 amide bonds. The molecule has 0 radical (unpaired) electrons. The van der Waals surface area contributed by atoms with E-state index in [1.54, 1.807) is 18.2 Å². The standard InChI is InChI=1S/C15H20F3NOS/c1-21-13-8-6-12(7-9-13)19-10-11-4-2-3-5-14(11)20-15(16,17)18/h2-5,12-13,19H,6-10H2,1H3. The summed E-state index contributed by atoms with van der Waals surface area (Å²) in [7, 11) is 0. The van der Waals surface area contributed by atoms with Crippen LogP contribution >= 0.6 is 11.8 Å². The predicted molar refractivity (Wildman–Crippen MR) is 79.5 cm³/mol. The molecule has 1 aromatic carbocycles. The second kappa shape index (κ2) is 7.40. The van der Waals surface area contributed by atoms with Crippen molar-refractivity contribution in [2.45, 2.75) is 49.9 Å². The summed E-state index contributed by atoms with van der Waals surface area (Å²) in [6.45, 7) is 0.404. The molecule has 0 bridgehead atoms. The summed E-state index contributed by atoms with van der Waals surface area (Å²) in [5.74, 6) is -0.115. The van der Waals surface area contributed by atoms with E-state index in [4.69, 9.17) is 0 Å². The molecule has 2 rings (SSSR count). The minimum atomic E-state index is -4.65. The largest absolute Gasteiger partial charge is 0.573 e. The first-order valence-electron chi connectivity index (χ1n) is 7.08. The molecule has 118 valence electrons. The van der Waals surface area contributed by atoms with Gasteiger partial charge < -0.3 is 10.1 Å². The Balaban J connectivity index is 1.89. The maximum atomic E-state index is 12.4. The number of rotatable bonds is 5. The van der Waals surface area contributed by atoms with Gasteiger partial charge in [-0.2, -0.15) is 11.8 Å². The highest BCUT2D eigenvalue weighted by molar-refractivity contribution is 7.99. The van der Waals surface area contributed by atoms with Gasteiger partial charge in [-0.1, -0.05) is 18.2 Å². The zero-order valence-electron chi connectivity index (χ0n) is 12.0. The number of thioether (sulfide) groups is 1. The fourth-order valence-electron chi connectivity index (χ4n) is 2.63. The van der Waals surface area contributed by atoms with Crippen LogP contribution in [-0.4, -0.2) is 23.9 Å². The minimum absolute atomic E-state index is 0.115. The van der Waals surface area contributed by atoms with Gasteiger partial charge >= 0.3 is 6.36 Å². The van der Waals surface area contributed by atoms with E-state index in [2.05, 4.69) is 16.3 Å². The molecule has 0 aliphatic heterocycles. The Morgan fingerprint density at radius 2 is 1.86 bits per heavy atom. The minimum Gasteiger partial charge on any atom is -0.405 e. The molecule has 0 unspecified atom stereocenters. The average molecular weight is 319 g/mol. The van der Waals surface area contributed by atoms with Crippen molar-refractivity contribution in [3.05, 3.63) is 29.8 Å². The van der Waals surface area contributed by atoms with Crippen molar-refractivity contribution in [2.75, 3.05) is 6.26 Å². The normalized spacial score (nSPS) is 23.0. The molecule has 21 heavy (non-hydrogen) atoms. The lowest BCUT2D eigenvalue weighted by atomic mass is 9.95. The van der Waals surface area contributed by atoms with E-state index < -0.39 is 6.36 Å². The highest BCUT2D eigenvalue weighted by atomic mass is 32.2. The molecule has 1 aromatic rings. The van der Waals surface area contributed by atoms with Gasteiger partial charge in [0, 0.05) is 23.4 Å². The molecule has 1 aliphatic rings. The number of hydrogen-bond donors (Lipinski definition) is 1. The van der Waals surface area contributed by atoms with Gasteiger partial charge in [-0.25, -0.2) is 0 Å². The van der Waals surface area contributed by atoms with Gasteiger partial charge in [0.05, 0.1) is 0 Å². The summed E-state index contributed by atoms with van der Waals surface area (Å²) in [5.41, 5.74) is 0.543. The molecule has 1 aliphatic carbocycles. The second-order valence-corrected chi connectivity index (χ2v) is 6.38. The fraction of sp³-hybridized carbons (Fsp3) is 0.600. The van der Waals surface area contributed by atoms with Gasteiger partial charge in [0.1, 0.15) is 5.75 Å². The number of ether oxygens (including phenoxy) is 1. The first-order chi connectivity index (χ1) is 9.98. The van der Waals surface area contributed by atoms with E-state index in [0.717, 1.165) is 18.1 Å². The maximum Gasteiger partial charge on any atom is 0.573 e. The molecule has 0 atom stereocenters. The number of benzene rings is 1. The zero-order chi connectivity index (χ0) is 15.3. The highest BCUT2D eigenvalue weighted by Gasteiger charge is 2.32. The Kier molecular flexibility index (Phi) is 5.81. The SMILES string of the molecule is CSC1CCC(NCc2ccccc2OC(F)(F)F)CC1. The fourth-order valence-corrected chi connectivity index (χ4v) is 3.37. The van der Waals surface area contributed by atoms with E-state index in [1.165, 1.54) is 18.9 Å². The second-order valence-electron chi connectivity index (χ2n) is 5.25. The molecule has 6 heteroatoms. The van der Waals surface area contributed by atoms with Crippen LogP contribution in [0.1, 0.15) is 31.2 Å². The molecule has 0 aromatic heterocycles. The molecule has 1 fully saturated rings. The molecule has 1 N–H and O–H groups in total. The first kappa shape index (κ1) is 16.5. The van der Waals surface area contributed by atoms with Gasteiger partial charge in [0.2, 0.25) is 0 Å². The van der Waals surface area contributed by atoms with Crippen molar-refractivity contribution in [3.63, 3.8) is 0 Å². The lowest BCUT2D eigenvalue weighted by Crippen LogP contribution is -2.33. The Morgan fingerprint density at radius 1 is 1.19 bits per heavy atom. The Bertz CT molecular complexity index is 445. The van der Waals surface area contributed by atoms with Gasteiger partial charge in [-0.15, -0.1) is 13.2 Å². The molecule has 0 spiro atoms. The third-order valence-corrected chi connectivity index (χ3v) is 4.93. The number of hydrogen-bond acceptors (Lipinski definition) is 3.